The van der Waals surface area contributed by atoms with Crippen LogP contribution in [0.25, 0.3) is 10.8 Å². The van der Waals surface area contributed by atoms with E-state index in [0.29, 0.717) is 17.9 Å². The summed E-state index contributed by atoms with van der Waals surface area (Å²) < 4.78 is 7.18. The summed E-state index contributed by atoms with van der Waals surface area (Å²) in [5.41, 5.74) is 2.52. The van der Waals surface area contributed by atoms with E-state index in [1.54, 1.807) is 16.4 Å². The number of carbonyl (C=O) groups excluding carboxylic acids is 2. The van der Waals surface area contributed by atoms with Crippen LogP contribution < -0.4 is 10.6 Å². The standard InChI is InChI=1S/C23H24N4O3S/c28-21(24-11-18-6-3-9-30-18)12-27-22(19-13-31-14-20(19)26-27)25-23(29)17-8-7-15-4-1-2-5-16(15)10-17/h1-2,4-5,7-8,10,18H,3,6,9,11-14H2,(H,24,28)(H,25,29). The number of carbonyl (C=O) groups is 2. The van der Waals surface area contributed by atoms with Crippen molar-refractivity contribution in [3.8, 4) is 0 Å². The molecule has 2 aromatic carbocycles. The highest BCUT2D eigenvalue weighted by atomic mass is 32.2. The topological polar surface area (TPSA) is 85.2 Å². The van der Waals surface area contributed by atoms with Crippen LogP contribution in [0.3, 0.4) is 0 Å². The number of anilines is 1. The van der Waals surface area contributed by atoms with Gasteiger partial charge in [-0.05, 0) is 35.7 Å². The summed E-state index contributed by atoms with van der Waals surface area (Å²) >= 11 is 1.76. The van der Waals surface area contributed by atoms with Gasteiger partial charge < -0.3 is 15.4 Å². The van der Waals surface area contributed by atoms with Crippen molar-refractivity contribution in [2.24, 2.45) is 0 Å². The molecule has 2 N–H and O–H groups in total. The summed E-state index contributed by atoms with van der Waals surface area (Å²) in [4.78, 5) is 25.5. The van der Waals surface area contributed by atoms with Gasteiger partial charge in [-0.15, -0.1) is 0 Å². The Hall–Kier alpha value is -2.84. The summed E-state index contributed by atoms with van der Waals surface area (Å²) in [5.74, 6) is 1.85. The van der Waals surface area contributed by atoms with Crippen molar-refractivity contribution in [1.82, 2.24) is 15.1 Å². The highest BCUT2D eigenvalue weighted by molar-refractivity contribution is 7.98. The molecule has 160 valence electrons. The number of nitrogens with zero attached hydrogens (tertiary/aromatic N) is 2. The zero-order valence-corrected chi connectivity index (χ0v) is 17.9. The lowest BCUT2D eigenvalue weighted by atomic mass is 10.1. The number of hydrogen-bond acceptors (Lipinski definition) is 5. The molecule has 2 amide bonds. The van der Waals surface area contributed by atoms with Crippen LogP contribution in [-0.2, 0) is 27.6 Å². The lowest BCUT2D eigenvalue weighted by molar-refractivity contribution is -0.122. The Morgan fingerprint density at radius 1 is 1.16 bits per heavy atom. The molecule has 2 aliphatic rings. The fourth-order valence-corrected chi connectivity index (χ4v) is 5.09. The molecule has 1 saturated heterocycles. The van der Waals surface area contributed by atoms with Crippen LogP contribution in [0.5, 0.6) is 0 Å². The summed E-state index contributed by atoms with van der Waals surface area (Å²) in [7, 11) is 0. The molecule has 0 saturated carbocycles. The van der Waals surface area contributed by atoms with E-state index in [1.165, 1.54) is 0 Å². The molecule has 2 aliphatic heterocycles. The van der Waals surface area contributed by atoms with E-state index in [0.717, 1.165) is 53.0 Å². The van der Waals surface area contributed by atoms with Gasteiger partial charge in [-0.1, -0.05) is 30.3 Å². The molecule has 1 unspecified atom stereocenters. The van der Waals surface area contributed by atoms with Crippen molar-refractivity contribution in [3.63, 3.8) is 0 Å². The van der Waals surface area contributed by atoms with Crippen LogP contribution in [-0.4, -0.2) is 40.9 Å². The van der Waals surface area contributed by atoms with Gasteiger partial charge in [0, 0.05) is 35.8 Å². The van der Waals surface area contributed by atoms with E-state index in [9.17, 15) is 9.59 Å². The first-order valence-electron chi connectivity index (χ1n) is 10.5. The van der Waals surface area contributed by atoms with E-state index in [2.05, 4.69) is 15.7 Å². The van der Waals surface area contributed by atoms with Crippen LogP contribution in [0.15, 0.2) is 42.5 Å². The second-order valence-corrected chi connectivity index (χ2v) is 8.87. The minimum Gasteiger partial charge on any atom is -0.376 e. The maximum absolute atomic E-state index is 13.0. The Balaban J connectivity index is 1.33. The molecule has 1 fully saturated rings. The number of thioether (sulfide) groups is 1. The molecule has 3 heterocycles. The third-order valence-corrected chi connectivity index (χ3v) is 6.68. The molecule has 31 heavy (non-hydrogen) atoms. The normalized spacial score (nSPS) is 17.6. The number of benzene rings is 2. The van der Waals surface area contributed by atoms with Gasteiger partial charge in [-0.25, -0.2) is 4.68 Å². The van der Waals surface area contributed by atoms with Gasteiger partial charge in [-0.3, -0.25) is 9.59 Å². The van der Waals surface area contributed by atoms with Crippen LogP contribution in [0.4, 0.5) is 5.82 Å². The second-order valence-electron chi connectivity index (χ2n) is 7.88. The van der Waals surface area contributed by atoms with Gasteiger partial charge >= 0.3 is 0 Å². The lowest BCUT2D eigenvalue weighted by Gasteiger charge is -2.13. The highest BCUT2D eigenvalue weighted by Crippen LogP contribution is 2.35. The van der Waals surface area contributed by atoms with Crippen molar-refractivity contribution >= 4 is 40.2 Å². The molecule has 0 bridgehead atoms. The Morgan fingerprint density at radius 2 is 2.03 bits per heavy atom. The number of hydrogen-bond donors (Lipinski definition) is 2. The number of aromatic nitrogens is 2. The van der Waals surface area contributed by atoms with Gasteiger partial charge in [0.1, 0.15) is 12.4 Å². The molecule has 0 aliphatic carbocycles. The Bertz CT molecular complexity index is 1140. The summed E-state index contributed by atoms with van der Waals surface area (Å²) in [6.07, 6.45) is 2.10. The smallest absolute Gasteiger partial charge is 0.256 e. The number of ether oxygens (including phenoxy) is 1. The van der Waals surface area contributed by atoms with E-state index >= 15 is 0 Å². The van der Waals surface area contributed by atoms with E-state index in [-0.39, 0.29) is 24.5 Å². The predicted molar refractivity (Wildman–Crippen MR) is 121 cm³/mol. The van der Waals surface area contributed by atoms with Gasteiger partial charge in [-0.2, -0.15) is 16.9 Å². The Kier molecular flexibility index (Phi) is 5.65. The Morgan fingerprint density at radius 3 is 2.87 bits per heavy atom. The fourth-order valence-electron chi connectivity index (χ4n) is 4.06. The third kappa shape index (κ3) is 4.31. The lowest BCUT2D eigenvalue weighted by Crippen LogP contribution is -2.34. The zero-order chi connectivity index (χ0) is 21.2. The average molecular weight is 437 g/mol. The Labute approximate surface area is 184 Å². The molecule has 0 radical (unpaired) electrons. The molecule has 8 heteroatoms. The van der Waals surface area contributed by atoms with Gasteiger partial charge in [0.15, 0.2) is 0 Å². The van der Waals surface area contributed by atoms with Crippen LogP contribution in [0.1, 0.15) is 34.5 Å². The maximum atomic E-state index is 13.0. The average Bonchev–Trinajstić information content (AvgIpc) is 3.52. The summed E-state index contributed by atoms with van der Waals surface area (Å²) in [6, 6.07) is 13.6. The van der Waals surface area contributed by atoms with E-state index in [4.69, 9.17) is 4.74 Å². The first-order chi connectivity index (χ1) is 15.2. The largest absolute Gasteiger partial charge is 0.376 e. The summed E-state index contributed by atoms with van der Waals surface area (Å²) in [6.45, 7) is 1.33. The minimum atomic E-state index is -0.202. The van der Waals surface area contributed by atoms with Crippen molar-refractivity contribution in [1.29, 1.82) is 0 Å². The molecule has 5 rings (SSSR count). The number of rotatable bonds is 6. The first kappa shape index (κ1) is 20.1. The molecule has 7 nitrogen and oxygen atoms in total. The summed E-state index contributed by atoms with van der Waals surface area (Å²) in [5, 5.41) is 12.6. The molecule has 1 aromatic heterocycles. The minimum absolute atomic E-state index is 0.0672. The van der Waals surface area contributed by atoms with Crippen molar-refractivity contribution in [3.05, 3.63) is 59.3 Å². The zero-order valence-electron chi connectivity index (χ0n) is 17.1. The molecule has 3 aromatic rings. The van der Waals surface area contributed by atoms with E-state index < -0.39 is 0 Å². The van der Waals surface area contributed by atoms with Crippen LogP contribution in [0, 0.1) is 0 Å². The molecular formula is C23H24N4O3S. The molecule has 1 atom stereocenters. The second kappa shape index (κ2) is 8.72. The number of nitrogens with one attached hydrogen (secondary N) is 2. The van der Waals surface area contributed by atoms with E-state index in [1.807, 2.05) is 42.5 Å². The van der Waals surface area contributed by atoms with Gasteiger partial charge in [0.25, 0.3) is 5.91 Å². The monoisotopic (exact) mass is 436 g/mol. The SMILES string of the molecule is O=C(Cn1nc2c(c1NC(=O)c1ccc3ccccc3c1)CSC2)NCC1CCCO1. The van der Waals surface area contributed by atoms with Gasteiger partial charge in [0.05, 0.1) is 11.8 Å². The predicted octanol–water partition coefficient (Wildman–Crippen LogP) is 3.33. The third-order valence-electron chi connectivity index (χ3n) is 5.71. The number of amides is 2. The van der Waals surface area contributed by atoms with Crippen molar-refractivity contribution in [2.45, 2.75) is 37.0 Å². The van der Waals surface area contributed by atoms with Crippen molar-refractivity contribution in [2.75, 3.05) is 18.5 Å². The highest BCUT2D eigenvalue weighted by Gasteiger charge is 2.25. The van der Waals surface area contributed by atoms with Gasteiger partial charge in [0.2, 0.25) is 5.91 Å². The van der Waals surface area contributed by atoms with Crippen molar-refractivity contribution < 1.29 is 14.3 Å². The maximum Gasteiger partial charge on any atom is 0.256 e. The van der Waals surface area contributed by atoms with Crippen LogP contribution in [0.2, 0.25) is 0 Å². The quantitative estimate of drug-likeness (QED) is 0.619. The number of fused-ring (bicyclic) bond motifs is 2. The molecular weight excluding hydrogens is 412 g/mol. The molecule has 0 spiro atoms. The van der Waals surface area contributed by atoms with Crippen LogP contribution >= 0.6 is 11.8 Å². The fraction of sp³-hybridized carbons (Fsp3) is 0.348. The first-order valence-corrected chi connectivity index (χ1v) is 11.7.